The van der Waals surface area contributed by atoms with Gasteiger partial charge in [-0.2, -0.15) is 0 Å². The Labute approximate surface area is 763 Å². The van der Waals surface area contributed by atoms with Gasteiger partial charge in [0, 0.05) is 120 Å². The summed E-state index contributed by atoms with van der Waals surface area (Å²) >= 11 is 0. The maximum absolute atomic E-state index is 14.0. The Morgan fingerprint density at radius 3 is 0.759 bits per heavy atom. The second kappa shape index (κ2) is 29.4. The number of aromatic nitrogens is 7. The van der Waals surface area contributed by atoms with Gasteiger partial charge in [-0.15, -0.1) is 0 Å². The van der Waals surface area contributed by atoms with Crippen LogP contribution in [0.5, 0.6) is 0 Å². The number of para-hydroxylation sites is 8. The molecule has 2 aliphatic carbocycles. The molecular formula is C123H83N7O3. The summed E-state index contributed by atoms with van der Waals surface area (Å²) in [5.41, 5.74) is 29.4. The molecule has 0 unspecified atom stereocenters. The normalized spacial score (nSPS) is 13.0. The Hall–Kier alpha value is -17.2. The summed E-state index contributed by atoms with van der Waals surface area (Å²) in [7, 11) is 0. The lowest BCUT2D eigenvalue weighted by atomic mass is 9.82. The minimum atomic E-state index is -0.0967. The smallest absolute Gasteiger partial charge is 0.263 e. The van der Waals surface area contributed by atoms with E-state index >= 15 is 0 Å². The zero-order chi connectivity index (χ0) is 88.8. The molecule has 0 amide bonds. The first-order valence-corrected chi connectivity index (χ1v) is 45.6. The van der Waals surface area contributed by atoms with Crippen LogP contribution in [0.2, 0.25) is 0 Å². The average molecular weight is 1710 g/mol. The highest BCUT2D eigenvalue weighted by atomic mass is 16.1. The standard InChI is InChI=1S/C43H27N3O.2C40H28N2O/c47-43-37-18-5-4-14-31(37)32-15-6-11-21-40(32)46(43)30-24-22-29(23-25-30)45-39-20-10-8-17-34(39)36-27-26-35-33-16-7-9-19-38(33)44(41(35)42(36)45)28-12-2-1-3-13-28;1-40(2)34-19-8-5-15-28(34)32-23-33-30-17-7-9-20-36(30)41(38(33)24-35(32)40)25-12-11-13-26(22-25)42-37-21-10-6-16-29(37)27-14-3-4-18-31(27)39(42)43;1-40(2)34-16-8-5-12-28(34)32-23-33-30-14-7-9-17-36(30)41(38(33)24-35(32)40)25-19-21-26(22-20-25)42-37-18-10-6-13-29(37)27-11-3-4-15-31(27)39(42)43/h1-27H;2*3-24H,1-2H3. The van der Waals surface area contributed by atoms with E-state index < -0.39 is 0 Å². The Morgan fingerprint density at radius 2 is 0.391 bits per heavy atom. The second-order valence-corrected chi connectivity index (χ2v) is 36.4. The third-order valence-corrected chi connectivity index (χ3v) is 28.7. The highest BCUT2D eigenvalue weighted by molar-refractivity contribution is 6.24. The number of fused-ring (bicyclic) bond motifs is 28. The summed E-state index contributed by atoms with van der Waals surface area (Å²) in [5, 5.41) is 18.1. The van der Waals surface area contributed by atoms with E-state index in [0.29, 0.717) is 5.39 Å². The molecule has 7 aromatic heterocycles. The molecule has 7 heterocycles. The molecule has 0 aliphatic heterocycles. The number of rotatable bonds is 7. The molecule has 628 valence electrons. The second-order valence-electron chi connectivity index (χ2n) is 36.4. The minimum absolute atomic E-state index is 0.00345. The molecule has 0 bridgehead atoms. The monoisotopic (exact) mass is 1710 g/mol. The van der Waals surface area contributed by atoms with E-state index in [4.69, 9.17) is 0 Å². The molecular weight excluding hydrogens is 1620 g/mol. The molecule has 0 N–H and O–H groups in total. The van der Waals surface area contributed by atoms with Gasteiger partial charge in [-0.3, -0.25) is 28.1 Å². The average Bonchev–Trinajstić information content (AvgIpc) is 1.54. The zero-order valence-corrected chi connectivity index (χ0v) is 73.3. The lowest BCUT2D eigenvalue weighted by molar-refractivity contribution is 0.661. The van der Waals surface area contributed by atoms with Crippen LogP contribution in [0.4, 0.5) is 0 Å². The molecule has 0 atom stereocenters. The molecule has 0 fully saturated rings. The van der Waals surface area contributed by atoms with Gasteiger partial charge in [0.2, 0.25) is 0 Å². The van der Waals surface area contributed by atoms with Crippen molar-refractivity contribution in [1.29, 1.82) is 0 Å². The van der Waals surface area contributed by atoms with E-state index in [9.17, 15) is 14.4 Å². The quantitative estimate of drug-likeness (QED) is 0.149. The molecule has 0 saturated heterocycles. The van der Waals surface area contributed by atoms with Crippen molar-refractivity contribution in [3.05, 3.63) is 484 Å². The predicted molar refractivity (Wildman–Crippen MR) is 554 cm³/mol. The number of pyridine rings is 3. The summed E-state index contributed by atoms with van der Waals surface area (Å²) in [4.78, 5) is 41.8. The summed E-state index contributed by atoms with van der Waals surface area (Å²) in [6, 6.07) is 150. The summed E-state index contributed by atoms with van der Waals surface area (Å²) in [6.07, 6.45) is 0. The summed E-state index contributed by atoms with van der Waals surface area (Å²) in [5.74, 6) is 0. The van der Waals surface area contributed by atoms with E-state index in [-0.39, 0.29) is 27.5 Å². The third-order valence-electron chi connectivity index (χ3n) is 28.7. The summed E-state index contributed by atoms with van der Waals surface area (Å²) < 4.78 is 15.1. The van der Waals surface area contributed by atoms with Crippen molar-refractivity contribution in [2.24, 2.45) is 0 Å². The molecule has 133 heavy (non-hydrogen) atoms. The van der Waals surface area contributed by atoms with Gasteiger partial charge in [-0.25, -0.2) is 0 Å². The fraction of sp³-hybridized carbons (Fsp3) is 0.0488. The van der Waals surface area contributed by atoms with Gasteiger partial charge in [0.25, 0.3) is 16.7 Å². The van der Waals surface area contributed by atoms with Gasteiger partial charge in [0.15, 0.2) is 0 Å². The maximum atomic E-state index is 14.0. The van der Waals surface area contributed by atoms with Crippen molar-refractivity contribution in [2.75, 3.05) is 0 Å². The molecule has 28 rings (SSSR count). The third kappa shape index (κ3) is 11.4. The van der Waals surface area contributed by atoms with Crippen molar-refractivity contribution in [3.63, 3.8) is 0 Å². The van der Waals surface area contributed by atoms with Gasteiger partial charge in [-0.1, -0.05) is 295 Å². The van der Waals surface area contributed by atoms with Crippen LogP contribution in [0.15, 0.2) is 445 Å². The van der Waals surface area contributed by atoms with Crippen LogP contribution < -0.4 is 16.7 Å². The van der Waals surface area contributed by atoms with Crippen LogP contribution in [0, 0.1) is 0 Å². The van der Waals surface area contributed by atoms with E-state index in [1.807, 2.05) is 147 Å². The van der Waals surface area contributed by atoms with E-state index in [2.05, 4.69) is 343 Å². The molecule has 0 spiro atoms. The first kappa shape index (κ1) is 77.0. The fourth-order valence-electron chi connectivity index (χ4n) is 22.6. The van der Waals surface area contributed by atoms with Gasteiger partial charge >= 0.3 is 0 Å². The topological polar surface area (TPSA) is 85.7 Å². The molecule has 10 heteroatoms. The highest BCUT2D eigenvalue weighted by Gasteiger charge is 2.38. The molecule has 2 aliphatic rings. The van der Waals surface area contributed by atoms with Crippen LogP contribution in [0.1, 0.15) is 49.9 Å². The Kier molecular flexibility index (Phi) is 17.0. The molecule has 26 aromatic rings. The number of benzene rings is 19. The van der Waals surface area contributed by atoms with Crippen molar-refractivity contribution >= 4 is 152 Å². The van der Waals surface area contributed by atoms with E-state index in [0.717, 1.165) is 116 Å². The van der Waals surface area contributed by atoms with E-state index in [1.165, 1.54) is 115 Å². The number of hydrogen-bond donors (Lipinski definition) is 0. The van der Waals surface area contributed by atoms with Crippen molar-refractivity contribution in [1.82, 2.24) is 32.0 Å². The SMILES string of the molecule is CC1(C)c2ccccc2-c2cc3c4ccccc4n(-c4ccc(-n5c(=O)c6ccccc6c6ccccc65)cc4)c3cc21.CC1(C)c2ccccc2-c2cc3c4ccccc4n(-c4cccc(-n5c(=O)c6ccccc6c6ccccc65)c4)c3cc21.O=c1c2ccccc2c2ccccc2n1-c1ccc(-n2c3ccccc3c3ccc4c5ccccc5n(-c5ccccc5)c4c32)cc1. The van der Waals surface area contributed by atoms with Crippen LogP contribution in [-0.4, -0.2) is 32.0 Å². The Bertz CT molecular complexity index is 9670. The van der Waals surface area contributed by atoms with Gasteiger partial charge in [-0.05, 0) is 224 Å². The lowest BCUT2D eigenvalue weighted by Gasteiger charge is -2.21. The molecule has 0 saturated carbocycles. The van der Waals surface area contributed by atoms with Gasteiger partial charge in [0.1, 0.15) is 0 Å². The first-order valence-electron chi connectivity index (χ1n) is 45.6. The van der Waals surface area contributed by atoms with Crippen LogP contribution in [-0.2, 0) is 10.8 Å². The lowest BCUT2D eigenvalue weighted by Crippen LogP contribution is -2.19. The predicted octanol–water partition coefficient (Wildman–Crippen LogP) is 29.4. The number of hydrogen-bond acceptors (Lipinski definition) is 3. The van der Waals surface area contributed by atoms with Crippen LogP contribution in [0.25, 0.3) is 214 Å². The number of nitrogens with zero attached hydrogens (tertiary/aromatic N) is 7. The van der Waals surface area contributed by atoms with Crippen molar-refractivity contribution < 1.29 is 0 Å². The van der Waals surface area contributed by atoms with Crippen molar-refractivity contribution in [3.8, 4) is 62.1 Å². The Balaban J connectivity index is 0.000000104. The summed E-state index contributed by atoms with van der Waals surface area (Å²) in [6.45, 7) is 9.32. The largest absolute Gasteiger partial charge is 0.309 e. The zero-order valence-electron chi connectivity index (χ0n) is 73.3. The van der Waals surface area contributed by atoms with Gasteiger partial charge < -0.3 is 18.3 Å². The first-order chi connectivity index (χ1) is 65.3. The van der Waals surface area contributed by atoms with Crippen LogP contribution in [0.3, 0.4) is 0 Å². The van der Waals surface area contributed by atoms with Crippen molar-refractivity contribution in [2.45, 2.75) is 38.5 Å². The van der Waals surface area contributed by atoms with Gasteiger partial charge in [0.05, 0.1) is 66.4 Å². The van der Waals surface area contributed by atoms with Crippen LogP contribution >= 0.6 is 0 Å². The highest BCUT2D eigenvalue weighted by Crippen LogP contribution is 2.54. The fourth-order valence-corrected chi connectivity index (χ4v) is 22.6. The minimum Gasteiger partial charge on any atom is -0.309 e. The molecule has 10 nitrogen and oxygen atoms in total. The van der Waals surface area contributed by atoms with E-state index in [1.54, 1.807) is 0 Å². The molecule has 0 radical (unpaired) electrons. The molecule has 19 aromatic carbocycles. The Morgan fingerprint density at radius 1 is 0.150 bits per heavy atom. The maximum Gasteiger partial charge on any atom is 0.263 e.